The second kappa shape index (κ2) is 9.11. The van der Waals surface area contributed by atoms with Crippen LogP contribution in [0.1, 0.15) is 42.1 Å². The Morgan fingerprint density at radius 3 is 2.67 bits per heavy atom. The van der Waals surface area contributed by atoms with E-state index >= 15 is 0 Å². The zero-order valence-electron chi connectivity index (χ0n) is 15.3. The molecule has 0 aromatic heterocycles. The molecule has 0 saturated carbocycles. The zero-order valence-corrected chi connectivity index (χ0v) is 15.3. The maximum Gasteiger partial charge on any atom is 0.345 e. The van der Waals surface area contributed by atoms with E-state index in [1.54, 1.807) is 6.92 Å². The number of rotatable bonds is 6. The first-order valence-electron chi connectivity index (χ1n) is 8.74. The lowest BCUT2D eigenvalue weighted by molar-refractivity contribution is -0.385. The van der Waals surface area contributed by atoms with Gasteiger partial charge in [-0.15, -0.1) is 0 Å². The van der Waals surface area contributed by atoms with E-state index in [9.17, 15) is 24.5 Å². The van der Waals surface area contributed by atoms with Crippen LogP contribution >= 0.6 is 0 Å². The van der Waals surface area contributed by atoms with Crippen molar-refractivity contribution < 1.29 is 28.8 Å². The standard InChI is InChI=1S/C18H22N2O7/c1-3-26-18(23)14-9-4-5-10-19(14)15(21)11-27-17(22)13-8-6-7-12(2)16(13)20(24)25/h6-8,14H,3-5,9-11H2,1-2H3. The quantitative estimate of drug-likeness (QED) is 0.422. The van der Waals surface area contributed by atoms with Crippen molar-refractivity contribution in [2.75, 3.05) is 19.8 Å². The predicted molar refractivity (Wildman–Crippen MR) is 94.1 cm³/mol. The highest BCUT2D eigenvalue weighted by atomic mass is 16.6. The maximum atomic E-state index is 12.4. The molecule has 1 atom stereocenters. The Labute approximate surface area is 156 Å². The van der Waals surface area contributed by atoms with Crippen molar-refractivity contribution in [2.24, 2.45) is 0 Å². The van der Waals surface area contributed by atoms with Crippen molar-refractivity contribution in [3.8, 4) is 0 Å². The molecule has 0 aliphatic carbocycles. The molecule has 1 aromatic carbocycles. The van der Waals surface area contributed by atoms with Crippen LogP contribution in [0.15, 0.2) is 18.2 Å². The average Bonchev–Trinajstić information content (AvgIpc) is 2.65. The lowest BCUT2D eigenvalue weighted by Gasteiger charge is -2.33. The average molecular weight is 378 g/mol. The molecule has 0 N–H and O–H groups in total. The number of esters is 2. The van der Waals surface area contributed by atoms with E-state index in [1.165, 1.54) is 30.0 Å². The summed E-state index contributed by atoms with van der Waals surface area (Å²) < 4.78 is 9.99. The summed E-state index contributed by atoms with van der Waals surface area (Å²) in [7, 11) is 0. The molecule has 0 bridgehead atoms. The number of nitro benzene ring substituents is 1. The Morgan fingerprint density at radius 1 is 1.26 bits per heavy atom. The first-order chi connectivity index (χ1) is 12.9. The number of amides is 1. The van der Waals surface area contributed by atoms with Crippen molar-refractivity contribution in [3.05, 3.63) is 39.4 Å². The van der Waals surface area contributed by atoms with E-state index in [0.717, 1.165) is 12.8 Å². The molecule has 1 fully saturated rings. The summed E-state index contributed by atoms with van der Waals surface area (Å²) in [6.45, 7) is 3.18. The van der Waals surface area contributed by atoms with Crippen LogP contribution < -0.4 is 0 Å². The molecular formula is C18H22N2O7. The molecule has 2 rings (SSSR count). The van der Waals surface area contributed by atoms with Gasteiger partial charge in [-0.3, -0.25) is 14.9 Å². The first-order valence-corrected chi connectivity index (χ1v) is 8.74. The fourth-order valence-corrected chi connectivity index (χ4v) is 3.07. The maximum absolute atomic E-state index is 12.4. The van der Waals surface area contributed by atoms with Gasteiger partial charge in [0.05, 0.1) is 11.5 Å². The lowest BCUT2D eigenvalue weighted by atomic mass is 10.0. The second-order valence-electron chi connectivity index (χ2n) is 6.16. The molecular weight excluding hydrogens is 356 g/mol. The van der Waals surface area contributed by atoms with E-state index in [-0.39, 0.29) is 17.9 Å². The minimum atomic E-state index is -0.955. The predicted octanol–water partition coefficient (Wildman–Crippen LogP) is 2.00. The van der Waals surface area contributed by atoms with E-state index in [1.807, 2.05) is 0 Å². The topological polar surface area (TPSA) is 116 Å². The van der Waals surface area contributed by atoms with E-state index in [2.05, 4.69) is 0 Å². The van der Waals surface area contributed by atoms with Crippen LogP contribution in [0.4, 0.5) is 5.69 Å². The number of hydrogen-bond donors (Lipinski definition) is 0. The van der Waals surface area contributed by atoms with Crippen LogP contribution in [0.25, 0.3) is 0 Å². The summed E-state index contributed by atoms with van der Waals surface area (Å²) in [5, 5.41) is 11.2. The summed E-state index contributed by atoms with van der Waals surface area (Å²) in [6, 6.07) is 3.60. The number of aryl methyl sites for hydroxylation is 1. The number of ether oxygens (including phenoxy) is 2. The third kappa shape index (κ3) is 4.81. The fourth-order valence-electron chi connectivity index (χ4n) is 3.07. The van der Waals surface area contributed by atoms with Gasteiger partial charge in [-0.1, -0.05) is 12.1 Å². The highest BCUT2D eigenvalue weighted by Crippen LogP contribution is 2.24. The molecule has 1 aromatic rings. The highest BCUT2D eigenvalue weighted by molar-refractivity contribution is 5.96. The monoisotopic (exact) mass is 378 g/mol. The van der Waals surface area contributed by atoms with Crippen LogP contribution in [0.2, 0.25) is 0 Å². The number of piperidine rings is 1. The Bertz CT molecular complexity index is 747. The molecule has 27 heavy (non-hydrogen) atoms. The Hall–Kier alpha value is -2.97. The van der Waals surface area contributed by atoms with E-state index < -0.39 is 35.4 Å². The number of para-hydroxylation sites is 1. The minimum Gasteiger partial charge on any atom is -0.464 e. The number of likely N-dealkylation sites (tertiary alicyclic amines) is 1. The van der Waals surface area contributed by atoms with Crippen LogP contribution in [0.5, 0.6) is 0 Å². The minimum absolute atomic E-state index is 0.212. The van der Waals surface area contributed by atoms with Crippen molar-refractivity contribution >= 4 is 23.5 Å². The number of hydrogen-bond acceptors (Lipinski definition) is 7. The van der Waals surface area contributed by atoms with Crippen molar-refractivity contribution in [3.63, 3.8) is 0 Å². The first kappa shape index (κ1) is 20.3. The van der Waals surface area contributed by atoms with Gasteiger partial charge in [-0.2, -0.15) is 0 Å². The van der Waals surface area contributed by atoms with Gasteiger partial charge in [-0.05, 0) is 39.2 Å². The van der Waals surface area contributed by atoms with Gasteiger partial charge in [0.25, 0.3) is 11.6 Å². The fraction of sp³-hybridized carbons (Fsp3) is 0.500. The normalized spacial score (nSPS) is 16.5. The Morgan fingerprint density at radius 2 is 2.00 bits per heavy atom. The van der Waals surface area contributed by atoms with Gasteiger partial charge in [0, 0.05) is 12.1 Å². The number of carbonyl (C=O) groups excluding carboxylic acids is 3. The SMILES string of the molecule is CCOC(=O)C1CCCCN1C(=O)COC(=O)c1cccc(C)c1[N+](=O)[O-]. The molecule has 1 aliphatic heterocycles. The molecule has 146 valence electrons. The number of nitrogens with zero attached hydrogens (tertiary/aromatic N) is 2. The van der Waals surface area contributed by atoms with Gasteiger partial charge in [0.1, 0.15) is 11.6 Å². The van der Waals surface area contributed by atoms with Crippen molar-refractivity contribution in [2.45, 2.75) is 39.2 Å². The number of benzene rings is 1. The zero-order chi connectivity index (χ0) is 20.0. The van der Waals surface area contributed by atoms with Gasteiger partial charge in [0.15, 0.2) is 6.61 Å². The molecule has 1 saturated heterocycles. The summed E-state index contributed by atoms with van der Waals surface area (Å²) in [6.07, 6.45) is 2.02. The second-order valence-corrected chi connectivity index (χ2v) is 6.16. The summed E-state index contributed by atoms with van der Waals surface area (Å²) in [5.41, 5.74) is -0.245. The third-order valence-corrected chi connectivity index (χ3v) is 4.35. The van der Waals surface area contributed by atoms with Crippen LogP contribution in [-0.2, 0) is 19.1 Å². The largest absolute Gasteiger partial charge is 0.464 e. The Balaban J connectivity index is 2.06. The molecule has 0 spiro atoms. The van der Waals surface area contributed by atoms with Crippen LogP contribution in [-0.4, -0.2) is 53.5 Å². The van der Waals surface area contributed by atoms with E-state index in [4.69, 9.17) is 9.47 Å². The van der Waals surface area contributed by atoms with Crippen molar-refractivity contribution in [1.29, 1.82) is 0 Å². The Kier molecular flexibility index (Phi) is 6.86. The summed E-state index contributed by atoms with van der Waals surface area (Å²) >= 11 is 0. The van der Waals surface area contributed by atoms with Gasteiger partial charge >= 0.3 is 11.9 Å². The van der Waals surface area contributed by atoms with E-state index in [0.29, 0.717) is 18.5 Å². The number of carbonyl (C=O) groups is 3. The van der Waals surface area contributed by atoms with Gasteiger partial charge < -0.3 is 14.4 Å². The highest BCUT2D eigenvalue weighted by Gasteiger charge is 2.34. The van der Waals surface area contributed by atoms with Crippen LogP contribution in [0, 0.1) is 17.0 Å². The molecule has 1 unspecified atom stereocenters. The number of nitro groups is 1. The molecule has 1 aliphatic rings. The summed E-state index contributed by atoms with van der Waals surface area (Å²) in [5.74, 6) is -1.97. The smallest absolute Gasteiger partial charge is 0.345 e. The molecule has 9 heteroatoms. The van der Waals surface area contributed by atoms with Crippen molar-refractivity contribution in [1.82, 2.24) is 4.90 Å². The molecule has 1 heterocycles. The third-order valence-electron chi connectivity index (χ3n) is 4.35. The lowest BCUT2D eigenvalue weighted by Crippen LogP contribution is -2.50. The van der Waals surface area contributed by atoms with Gasteiger partial charge in [-0.25, -0.2) is 9.59 Å². The van der Waals surface area contributed by atoms with Gasteiger partial charge in [0.2, 0.25) is 0 Å². The molecule has 0 radical (unpaired) electrons. The van der Waals surface area contributed by atoms with Crippen LogP contribution in [0.3, 0.4) is 0 Å². The summed E-state index contributed by atoms with van der Waals surface area (Å²) in [4.78, 5) is 48.6. The molecule has 9 nitrogen and oxygen atoms in total. The molecule has 1 amide bonds.